The third-order valence-electron chi connectivity index (χ3n) is 3.52. The summed E-state index contributed by atoms with van der Waals surface area (Å²) in [6.07, 6.45) is 1.96. The topological polar surface area (TPSA) is 89.6 Å². The molecule has 0 aliphatic heterocycles. The van der Waals surface area contributed by atoms with Gasteiger partial charge in [0, 0.05) is 12.1 Å². The molecule has 24 heavy (non-hydrogen) atoms. The lowest BCUT2D eigenvalue weighted by molar-refractivity contribution is 0.425. The Morgan fingerprint density at radius 3 is 3.04 bits per heavy atom. The summed E-state index contributed by atoms with van der Waals surface area (Å²) in [4.78, 5) is 16.2. The van der Waals surface area contributed by atoms with Crippen LogP contribution in [0.4, 0.5) is 0 Å². The highest BCUT2D eigenvalue weighted by Crippen LogP contribution is 2.22. The standard InChI is InChI=1S/C16H19N5O2S/c1-3-4-8-21-15(22)18-19-16(21)24-10-13-17-14(23-20-13)12-7-5-6-11(2)9-12/h5-7,9H,3-4,8,10H2,1-2H3,(H,18,22). The molecule has 1 N–H and O–H groups in total. The molecule has 0 radical (unpaired) electrons. The third kappa shape index (κ3) is 3.76. The zero-order chi connectivity index (χ0) is 16.9. The highest BCUT2D eigenvalue weighted by atomic mass is 32.2. The highest BCUT2D eigenvalue weighted by Gasteiger charge is 2.13. The molecule has 0 amide bonds. The first-order valence-electron chi connectivity index (χ1n) is 7.85. The number of hydrogen-bond acceptors (Lipinski definition) is 6. The van der Waals surface area contributed by atoms with E-state index in [1.807, 2.05) is 31.2 Å². The van der Waals surface area contributed by atoms with Gasteiger partial charge < -0.3 is 4.52 Å². The maximum atomic E-state index is 11.8. The molecule has 2 aromatic heterocycles. The molecular formula is C16H19N5O2S. The first-order chi connectivity index (χ1) is 11.7. The summed E-state index contributed by atoms with van der Waals surface area (Å²) in [5.74, 6) is 1.57. The van der Waals surface area contributed by atoms with Gasteiger partial charge in [0.05, 0.1) is 5.75 Å². The zero-order valence-corrected chi connectivity index (χ0v) is 14.5. The second-order valence-electron chi connectivity index (χ2n) is 5.49. The van der Waals surface area contributed by atoms with Crippen LogP contribution >= 0.6 is 11.8 Å². The number of benzene rings is 1. The summed E-state index contributed by atoms with van der Waals surface area (Å²) < 4.78 is 6.97. The number of thioether (sulfide) groups is 1. The molecule has 3 rings (SSSR count). The molecule has 0 aliphatic rings. The summed E-state index contributed by atoms with van der Waals surface area (Å²) in [5.41, 5.74) is 1.86. The summed E-state index contributed by atoms with van der Waals surface area (Å²) in [6.45, 7) is 4.77. The van der Waals surface area contributed by atoms with Crippen LogP contribution in [0, 0.1) is 6.92 Å². The summed E-state index contributed by atoms with van der Waals surface area (Å²) in [5, 5.41) is 11.2. The van der Waals surface area contributed by atoms with Crippen LogP contribution in [0.3, 0.4) is 0 Å². The van der Waals surface area contributed by atoms with Crippen molar-refractivity contribution in [2.45, 2.75) is 44.1 Å². The number of aromatic nitrogens is 5. The molecule has 8 heteroatoms. The Bertz CT molecular complexity index is 867. The van der Waals surface area contributed by atoms with Crippen molar-refractivity contribution in [3.63, 3.8) is 0 Å². The van der Waals surface area contributed by atoms with E-state index in [0.29, 0.717) is 29.2 Å². The fourth-order valence-corrected chi connectivity index (χ4v) is 3.08. The van der Waals surface area contributed by atoms with Crippen molar-refractivity contribution in [2.75, 3.05) is 0 Å². The van der Waals surface area contributed by atoms with Gasteiger partial charge in [-0.2, -0.15) is 4.98 Å². The number of aryl methyl sites for hydroxylation is 1. The van der Waals surface area contributed by atoms with Gasteiger partial charge in [-0.3, -0.25) is 4.57 Å². The Kier molecular flexibility index (Phi) is 5.14. The van der Waals surface area contributed by atoms with Crippen LogP contribution in [0.5, 0.6) is 0 Å². The van der Waals surface area contributed by atoms with Gasteiger partial charge in [-0.15, -0.1) is 5.10 Å². The molecular weight excluding hydrogens is 326 g/mol. The number of aromatic amines is 1. The van der Waals surface area contributed by atoms with Crippen molar-refractivity contribution in [1.29, 1.82) is 0 Å². The minimum Gasteiger partial charge on any atom is -0.334 e. The van der Waals surface area contributed by atoms with E-state index < -0.39 is 0 Å². The number of nitrogens with zero attached hydrogens (tertiary/aromatic N) is 4. The molecule has 0 saturated heterocycles. The monoisotopic (exact) mass is 345 g/mol. The molecule has 0 bridgehead atoms. The van der Waals surface area contributed by atoms with E-state index in [-0.39, 0.29) is 5.69 Å². The molecule has 7 nitrogen and oxygen atoms in total. The fraction of sp³-hybridized carbons (Fsp3) is 0.375. The van der Waals surface area contributed by atoms with E-state index in [2.05, 4.69) is 27.3 Å². The van der Waals surface area contributed by atoms with E-state index in [4.69, 9.17) is 4.52 Å². The lowest BCUT2D eigenvalue weighted by Gasteiger charge is -2.02. The maximum Gasteiger partial charge on any atom is 0.343 e. The lowest BCUT2D eigenvalue weighted by Crippen LogP contribution is -2.17. The maximum absolute atomic E-state index is 11.8. The number of unbranched alkanes of at least 4 members (excludes halogenated alkanes) is 1. The Morgan fingerprint density at radius 2 is 2.25 bits per heavy atom. The zero-order valence-electron chi connectivity index (χ0n) is 13.7. The third-order valence-corrected chi connectivity index (χ3v) is 4.49. The van der Waals surface area contributed by atoms with Crippen molar-refractivity contribution in [1.82, 2.24) is 24.9 Å². The molecule has 2 heterocycles. The van der Waals surface area contributed by atoms with Gasteiger partial charge in [-0.05, 0) is 25.5 Å². The smallest absolute Gasteiger partial charge is 0.334 e. The number of rotatable bonds is 7. The Balaban J connectivity index is 1.69. The molecule has 0 saturated carbocycles. The summed E-state index contributed by atoms with van der Waals surface area (Å²) >= 11 is 1.42. The van der Waals surface area contributed by atoms with Gasteiger partial charge >= 0.3 is 5.69 Å². The normalized spacial score (nSPS) is 11.1. The van der Waals surface area contributed by atoms with Crippen LogP contribution in [0.2, 0.25) is 0 Å². The predicted molar refractivity (Wildman–Crippen MR) is 91.8 cm³/mol. The van der Waals surface area contributed by atoms with Gasteiger partial charge in [0.1, 0.15) is 0 Å². The van der Waals surface area contributed by atoms with Crippen molar-refractivity contribution in [2.24, 2.45) is 0 Å². The second-order valence-corrected chi connectivity index (χ2v) is 6.43. The van der Waals surface area contributed by atoms with Crippen molar-refractivity contribution < 1.29 is 4.52 Å². The van der Waals surface area contributed by atoms with Gasteiger partial charge in [-0.1, -0.05) is 48.0 Å². The Labute approximate surface area is 143 Å². The van der Waals surface area contributed by atoms with Gasteiger partial charge in [-0.25, -0.2) is 9.89 Å². The number of hydrogen-bond donors (Lipinski definition) is 1. The van der Waals surface area contributed by atoms with Crippen molar-refractivity contribution in [3.8, 4) is 11.5 Å². The average molecular weight is 345 g/mol. The quantitative estimate of drug-likeness (QED) is 0.662. The Morgan fingerprint density at radius 1 is 1.38 bits per heavy atom. The van der Waals surface area contributed by atoms with Crippen LogP contribution in [0.15, 0.2) is 38.7 Å². The molecule has 0 aliphatic carbocycles. The molecule has 3 aromatic rings. The van der Waals surface area contributed by atoms with Gasteiger partial charge in [0.2, 0.25) is 0 Å². The van der Waals surface area contributed by atoms with Gasteiger partial charge in [0.15, 0.2) is 11.0 Å². The van der Waals surface area contributed by atoms with Crippen molar-refractivity contribution in [3.05, 3.63) is 46.1 Å². The van der Waals surface area contributed by atoms with Crippen LogP contribution in [-0.4, -0.2) is 24.9 Å². The minimum absolute atomic E-state index is 0.181. The summed E-state index contributed by atoms with van der Waals surface area (Å²) in [7, 11) is 0. The number of H-pyrrole nitrogens is 1. The van der Waals surface area contributed by atoms with Crippen molar-refractivity contribution >= 4 is 11.8 Å². The number of nitrogens with one attached hydrogen (secondary N) is 1. The lowest BCUT2D eigenvalue weighted by atomic mass is 10.1. The molecule has 0 fully saturated rings. The first kappa shape index (κ1) is 16.5. The minimum atomic E-state index is -0.181. The fourth-order valence-electron chi connectivity index (χ4n) is 2.26. The predicted octanol–water partition coefficient (Wildman–Crippen LogP) is 3.02. The molecule has 0 spiro atoms. The van der Waals surface area contributed by atoms with Crippen LogP contribution < -0.4 is 5.69 Å². The van der Waals surface area contributed by atoms with Gasteiger partial charge in [0.25, 0.3) is 5.89 Å². The molecule has 1 aromatic carbocycles. The largest absolute Gasteiger partial charge is 0.343 e. The van der Waals surface area contributed by atoms with E-state index >= 15 is 0 Å². The van der Waals surface area contributed by atoms with E-state index in [9.17, 15) is 4.79 Å². The second kappa shape index (κ2) is 7.48. The first-order valence-corrected chi connectivity index (χ1v) is 8.83. The van der Waals surface area contributed by atoms with Crippen LogP contribution in [0.25, 0.3) is 11.5 Å². The Hall–Kier alpha value is -2.35. The van der Waals surface area contributed by atoms with Crippen LogP contribution in [-0.2, 0) is 12.3 Å². The highest BCUT2D eigenvalue weighted by molar-refractivity contribution is 7.98. The molecule has 0 unspecified atom stereocenters. The van der Waals surface area contributed by atoms with Crippen LogP contribution in [0.1, 0.15) is 31.2 Å². The van der Waals surface area contributed by atoms with E-state index in [1.54, 1.807) is 4.57 Å². The SMILES string of the molecule is CCCCn1c(SCc2noc(-c3cccc(C)c3)n2)n[nH]c1=O. The summed E-state index contributed by atoms with van der Waals surface area (Å²) in [6, 6.07) is 7.91. The van der Waals surface area contributed by atoms with E-state index in [1.165, 1.54) is 11.8 Å². The molecule has 0 atom stereocenters. The van der Waals surface area contributed by atoms with E-state index in [0.717, 1.165) is 24.0 Å². The molecule has 126 valence electrons. The average Bonchev–Trinajstić information content (AvgIpc) is 3.18.